The first-order valence-electron chi connectivity index (χ1n) is 16.6. The Bertz CT molecular complexity index is 920. The van der Waals surface area contributed by atoms with E-state index in [2.05, 4.69) is 21.3 Å². The fraction of sp³-hybridized carbons (Fsp3) is 0.879. The number of β-amino-alcohol motifs (C(OH)–C–C–N with tert-alkyl or cyclic N) is 3. The molecule has 4 heterocycles. The Hall–Kier alpha value is -1.64. The summed E-state index contributed by atoms with van der Waals surface area (Å²) in [6, 6.07) is 0. The molecule has 12 heteroatoms. The second-order valence-electron chi connectivity index (χ2n) is 14.3. The molecule has 0 aromatic rings. The van der Waals surface area contributed by atoms with Crippen LogP contribution in [0.3, 0.4) is 0 Å². The minimum absolute atomic E-state index is 0.0102. The van der Waals surface area contributed by atoms with Gasteiger partial charge < -0.3 is 41.7 Å². The highest BCUT2D eigenvalue weighted by atomic mass is 16.3. The van der Waals surface area contributed by atoms with E-state index in [4.69, 9.17) is 0 Å². The molecule has 4 fully saturated rings. The van der Waals surface area contributed by atoms with E-state index in [0.717, 1.165) is 32.6 Å². The largest absolute Gasteiger partial charge is 0.382 e. The van der Waals surface area contributed by atoms with Gasteiger partial charge in [0.05, 0.1) is 0 Å². The van der Waals surface area contributed by atoms with Crippen LogP contribution in [0.1, 0.15) is 87.5 Å². The van der Waals surface area contributed by atoms with E-state index in [1.165, 1.54) is 0 Å². The van der Waals surface area contributed by atoms with E-state index in [1.54, 1.807) is 13.8 Å². The van der Waals surface area contributed by atoms with Gasteiger partial charge in [-0.3, -0.25) is 19.2 Å². The van der Waals surface area contributed by atoms with Gasteiger partial charge in [0.15, 0.2) is 23.1 Å². The number of aliphatic hydroxyl groups is 4. The summed E-state index contributed by atoms with van der Waals surface area (Å²) in [4.78, 5) is 45.6. The highest BCUT2D eigenvalue weighted by Gasteiger charge is 2.43. The molecule has 8 N–H and O–H groups in total. The third-order valence-corrected chi connectivity index (χ3v) is 8.69. The predicted octanol–water partition coefficient (Wildman–Crippen LogP) is 0.134. The van der Waals surface area contributed by atoms with E-state index in [1.807, 2.05) is 41.5 Å². The standard InChI is InChI=1S/2C9H17NO2.C8H15NO2.C7H13NO2/c1-7(2)8(11)9(12)3-5-10-6-4-9;1-7(2)8(11)9(12)4-3-5-10-6-9;1-6(2)7(10)8(11)3-4-9-5-8;1-5(2)6(9)7(10)3-8-4-7/h2*7,10,12H,3-6H2,1-2H3;6,9,11H,3-5H2,1-2H3;5,8,10H,3-4H2,1-2H3. The molecule has 0 amide bonds. The van der Waals surface area contributed by atoms with Crippen LogP contribution in [-0.2, 0) is 19.2 Å². The van der Waals surface area contributed by atoms with E-state index in [0.29, 0.717) is 51.9 Å². The quantitative estimate of drug-likeness (QED) is 0.179. The van der Waals surface area contributed by atoms with Gasteiger partial charge in [-0.05, 0) is 58.3 Å². The Morgan fingerprint density at radius 2 is 0.733 bits per heavy atom. The maximum absolute atomic E-state index is 11.5. The van der Waals surface area contributed by atoms with Crippen LogP contribution in [-0.4, -0.2) is 118 Å². The minimum Gasteiger partial charge on any atom is -0.382 e. The molecule has 2 unspecified atom stereocenters. The van der Waals surface area contributed by atoms with Crippen LogP contribution in [0.5, 0.6) is 0 Å². The molecular formula is C33H62N4O8. The number of hydrogen-bond acceptors (Lipinski definition) is 12. The van der Waals surface area contributed by atoms with Gasteiger partial charge in [-0.25, -0.2) is 0 Å². The molecule has 262 valence electrons. The molecule has 45 heavy (non-hydrogen) atoms. The van der Waals surface area contributed by atoms with Crippen LogP contribution >= 0.6 is 0 Å². The van der Waals surface area contributed by atoms with Gasteiger partial charge >= 0.3 is 0 Å². The molecule has 0 bridgehead atoms. The third kappa shape index (κ3) is 12.2. The average molecular weight is 643 g/mol. The number of piperidine rings is 2. The first-order chi connectivity index (χ1) is 20.7. The monoisotopic (exact) mass is 642 g/mol. The molecule has 0 spiro atoms. The minimum atomic E-state index is -1.09. The van der Waals surface area contributed by atoms with Gasteiger partial charge in [0, 0.05) is 49.9 Å². The van der Waals surface area contributed by atoms with Crippen LogP contribution in [0.15, 0.2) is 0 Å². The summed E-state index contributed by atoms with van der Waals surface area (Å²) in [6.07, 6.45) is 3.17. The fourth-order valence-electron chi connectivity index (χ4n) is 5.76. The average Bonchev–Trinajstić information content (AvgIpc) is 3.43. The third-order valence-electron chi connectivity index (χ3n) is 8.69. The zero-order valence-electron chi connectivity index (χ0n) is 28.9. The zero-order chi connectivity index (χ0) is 34.6. The van der Waals surface area contributed by atoms with Crippen LogP contribution < -0.4 is 21.3 Å². The molecule has 4 aliphatic heterocycles. The van der Waals surface area contributed by atoms with E-state index < -0.39 is 22.4 Å². The highest BCUT2D eigenvalue weighted by Crippen LogP contribution is 2.23. The molecule has 0 aromatic heterocycles. The first kappa shape index (κ1) is 41.4. The topological polar surface area (TPSA) is 197 Å². The van der Waals surface area contributed by atoms with Crippen molar-refractivity contribution >= 4 is 23.1 Å². The van der Waals surface area contributed by atoms with E-state index in [9.17, 15) is 39.6 Å². The van der Waals surface area contributed by atoms with Gasteiger partial charge in [-0.1, -0.05) is 55.4 Å². The van der Waals surface area contributed by atoms with Gasteiger partial charge in [0.25, 0.3) is 0 Å². The lowest BCUT2D eigenvalue weighted by atomic mass is 9.83. The highest BCUT2D eigenvalue weighted by molar-refractivity contribution is 5.90. The van der Waals surface area contributed by atoms with Crippen molar-refractivity contribution in [1.29, 1.82) is 0 Å². The van der Waals surface area contributed by atoms with Crippen LogP contribution in [0, 0.1) is 23.7 Å². The van der Waals surface area contributed by atoms with Crippen molar-refractivity contribution in [2.24, 2.45) is 23.7 Å². The number of carbonyl (C=O) groups excluding carboxylic acids is 4. The predicted molar refractivity (Wildman–Crippen MR) is 174 cm³/mol. The first-order valence-corrected chi connectivity index (χ1v) is 16.6. The molecule has 4 rings (SSSR count). The molecule has 4 aliphatic rings. The number of ketones is 4. The summed E-state index contributed by atoms with van der Waals surface area (Å²) in [6.45, 7) is 19.4. The Morgan fingerprint density at radius 1 is 0.422 bits per heavy atom. The van der Waals surface area contributed by atoms with Crippen molar-refractivity contribution in [3.8, 4) is 0 Å². The molecule has 0 aliphatic carbocycles. The van der Waals surface area contributed by atoms with Crippen molar-refractivity contribution in [2.75, 3.05) is 52.4 Å². The number of Topliss-reactive ketones (excluding diaryl/α,β-unsaturated/α-hetero) is 4. The van der Waals surface area contributed by atoms with Crippen molar-refractivity contribution in [1.82, 2.24) is 21.3 Å². The Kier molecular flexibility index (Phi) is 16.6. The lowest BCUT2D eigenvalue weighted by molar-refractivity contribution is -0.145. The summed E-state index contributed by atoms with van der Waals surface area (Å²) in [5, 5.41) is 51.0. The number of carbonyl (C=O) groups is 4. The lowest BCUT2D eigenvalue weighted by Crippen LogP contribution is -2.65. The fourth-order valence-corrected chi connectivity index (χ4v) is 5.76. The van der Waals surface area contributed by atoms with Gasteiger partial charge in [0.2, 0.25) is 0 Å². The summed E-state index contributed by atoms with van der Waals surface area (Å²) >= 11 is 0. The SMILES string of the molecule is CC(C)C(=O)C1(O)CCCNC1.CC(C)C(=O)C1(O)CCNC1.CC(C)C(=O)C1(O)CCNCC1.CC(C)C(=O)C1(O)CNC1. The van der Waals surface area contributed by atoms with E-state index in [-0.39, 0.29) is 46.8 Å². The van der Waals surface area contributed by atoms with Gasteiger partial charge in [-0.2, -0.15) is 0 Å². The Balaban J connectivity index is 0.000000301. The molecule has 2 atom stereocenters. The summed E-state index contributed by atoms with van der Waals surface area (Å²) < 4.78 is 0. The maximum atomic E-state index is 11.5. The lowest BCUT2D eigenvalue weighted by Gasteiger charge is -2.37. The van der Waals surface area contributed by atoms with Crippen molar-refractivity contribution in [3.63, 3.8) is 0 Å². The maximum Gasteiger partial charge on any atom is 0.169 e. The summed E-state index contributed by atoms with van der Waals surface area (Å²) in [5.74, 6) is -0.401. The van der Waals surface area contributed by atoms with Crippen LogP contribution in [0.25, 0.3) is 0 Å². The van der Waals surface area contributed by atoms with Crippen LogP contribution in [0.2, 0.25) is 0 Å². The summed E-state index contributed by atoms with van der Waals surface area (Å²) in [7, 11) is 0. The Morgan fingerprint density at radius 3 is 1.02 bits per heavy atom. The van der Waals surface area contributed by atoms with Crippen molar-refractivity contribution in [3.05, 3.63) is 0 Å². The summed E-state index contributed by atoms with van der Waals surface area (Å²) in [5.41, 5.74) is -4.26. The number of nitrogens with one attached hydrogen (secondary N) is 4. The molecule has 0 radical (unpaired) electrons. The number of hydrogen-bond donors (Lipinski definition) is 8. The molecule has 12 nitrogen and oxygen atoms in total. The smallest absolute Gasteiger partial charge is 0.169 e. The normalized spacial score (nSPS) is 26.8. The van der Waals surface area contributed by atoms with E-state index >= 15 is 0 Å². The van der Waals surface area contributed by atoms with Crippen LogP contribution in [0.4, 0.5) is 0 Å². The Labute approximate surface area is 269 Å². The molecule has 4 saturated heterocycles. The number of rotatable bonds is 8. The van der Waals surface area contributed by atoms with Crippen molar-refractivity contribution in [2.45, 2.75) is 110 Å². The molecule has 0 aromatic carbocycles. The van der Waals surface area contributed by atoms with Crippen molar-refractivity contribution < 1.29 is 39.6 Å². The molecule has 0 saturated carbocycles. The molecular weight excluding hydrogens is 580 g/mol. The zero-order valence-corrected chi connectivity index (χ0v) is 28.9. The second-order valence-corrected chi connectivity index (χ2v) is 14.3. The second kappa shape index (κ2) is 18.1. The van der Waals surface area contributed by atoms with Gasteiger partial charge in [0.1, 0.15) is 22.4 Å². The van der Waals surface area contributed by atoms with Gasteiger partial charge in [-0.15, -0.1) is 0 Å².